The number of esters is 1. The molecule has 5 heteroatoms. The van der Waals surface area contributed by atoms with Crippen LogP contribution in [0.2, 0.25) is 0 Å². The van der Waals surface area contributed by atoms with Crippen molar-refractivity contribution in [2.24, 2.45) is 5.41 Å². The third-order valence-corrected chi connectivity index (χ3v) is 3.57. The molecule has 0 bridgehead atoms. The molecule has 1 amide bonds. The van der Waals surface area contributed by atoms with E-state index in [1.165, 1.54) is 0 Å². The average Bonchev–Trinajstić information content (AvgIpc) is 2.68. The van der Waals surface area contributed by atoms with E-state index in [1.54, 1.807) is 7.05 Å². The van der Waals surface area contributed by atoms with Gasteiger partial charge in [0, 0.05) is 20.1 Å². The molecule has 1 saturated heterocycles. The zero-order chi connectivity index (χ0) is 14.8. The molecule has 0 saturated carbocycles. The number of hydrogen-bond acceptors (Lipinski definition) is 4. The van der Waals surface area contributed by atoms with Crippen LogP contribution in [-0.2, 0) is 14.3 Å². The quantitative estimate of drug-likeness (QED) is 0.782. The first-order chi connectivity index (χ1) is 8.59. The second-order valence-electron chi connectivity index (χ2n) is 6.57. The monoisotopic (exact) mass is 270 g/mol. The van der Waals surface area contributed by atoms with Crippen LogP contribution >= 0.6 is 0 Å². The summed E-state index contributed by atoms with van der Waals surface area (Å²) in [6, 6.07) is -0.314. The number of amides is 1. The van der Waals surface area contributed by atoms with Crippen molar-refractivity contribution in [2.75, 3.05) is 20.1 Å². The lowest BCUT2D eigenvalue weighted by molar-refractivity contribution is -0.160. The number of ether oxygens (including phenoxy) is 1. The van der Waals surface area contributed by atoms with Crippen LogP contribution in [0.3, 0.4) is 0 Å². The zero-order valence-corrected chi connectivity index (χ0v) is 12.9. The molecule has 19 heavy (non-hydrogen) atoms. The molecule has 0 aliphatic carbocycles. The van der Waals surface area contributed by atoms with Crippen molar-refractivity contribution in [1.82, 2.24) is 10.2 Å². The Morgan fingerprint density at radius 1 is 1.37 bits per heavy atom. The Balaban J connectivity index is 2.64. The maximum atomic E-state index is 12.0. The maximum absolute atomic E-state index is 12.0. The van der Waals surface area contributed by atoms with E-state index in [1.807, 2.05) is 39.5 Å². The van der Waals surface area contributed by atoms with Crippen molar-refractivity contribution in [1.29, 1.82) is 0 Å². The second kappa shape index (κ2) is 5.49. The molecule has 0 aromatic heterocycles. The lowest BCUT2D eigenvalue weighted by Crippen LogP contribution is -2.44. The van der Waals surface area contributed by atoms with Gasteiger partial charge in [-0.05, 0) is 41.0 Å². The molecule has 1 aliphatic rings. The van der Waals surface area contributed by atoms with Crippen molar-refractivity contribution < 1.29 is 14.3 Å². The number of nitrogens with one attached hydrogen (secondary N) is 1. The SMILES string of the molecule is CNC(=O)C1(C)CCN(C(C)C(=O)OC(C)(C)C)C1. The molecule has 0 aromatic carbocycles. The van der Waals surface area contributed by atoms with Gasteiger partial charge in [0.2, 0.25) is 5.91 Å². The molecular formula is C14H26N2O3. The van der Waals surface area contributed by atoms with E-state index in [-0.39, 0.29) is 17.9 Å². The van der Waals surface area contributed by atoms with Crippen molar-refractivity contribution in [3.8, 4) is 0 Å². The average molecular weight is 270 g/mol. The number of rotatable bonds is 3. The minimum Gasteiger partial charge on any atom is -0.459 e. The Morgan fingerprint density at radius 2 is 1.95 bits per heavy atom. The van der Waals surface area contributed by atoms with Crippen molar-refractivity contribution in [3.05, 3.63) is 0 Å². The number of hydrogen-bond donors (Lipinski definition) is 1. The summed E-state index contributed by atoms with van der Waals surface area (Å²) < 4.78 is 5.39. The van der Waals surface area contributed by atoms with Crippen LogP contribution in [0, 0.1) is 5.41 Å². The molecule has 2 unspecified atom stereocenters. The van der Waals surface area contributed by atoms with Crippen LogP contribution in [0.1, 0.15) is 41.0 Å². The zero-order valence-electron chi connectivity index (χ0n) is 12.9. The third-order valence-electron chi connectivity index (χ3n) is 3.57. The largest absolute Gasteiger partial charge is 0.459 e. The van der Waals surface area contributed by atoms with Gasteiger partial charge in [-0.15, -0.1) is 0 Å². The van der Waals surface area contributed by atoms with Gasteiger partial charge in [-0.3, -0.25) is 14.5 Å². The Bertz CT molecular complexity index is 362. The lowest BCUT2D eigenvalue weighted by Gasteiger charge is -2.28. The van der Waals surface area contributed by atoms with E-state index in [4.69, 9.17) is 4.74 Å². The van der Waals surface area contributed by atoms with Gasteiger partial charge in [0.1, 0.15) is 11.6 Å². The summed E-state index contributed by atoms with van der Waals surface area (Å²) in [5.41, 5.74) is -0.889. The minimum absolute atomic E-state index is 0.0337. The highest BCUT2D eigenvalue weighted by Crippen LogP contribution is 2.31. The van der Waals surface area contributed by atoms with E-state index in [9.17, 15) is 9.59 Å². The summed E-state index contributed by atoms with van der Waals surface area (Å²) in [5.74, 6) is -0.194. The van der Waals surface area contributed by atoms with Crippen LogP contribution < -0.4 is 5.32 Å². The molecule has 1 N–H and O–H groups in total. The van der Waals surface area contributed by atoms with Gasteiger partial charge in [0.25, 0.3) is 0 Å². The van der Waals surface area contributed by atoms with Gasteiger partial charge in [-0.25, -0.2) is 0 Å². The minimum atomic E-state index is -0.477. The van der Waals surface area contributed by atoms with E-state index < -0.39 is 11.0 Å². The first-order valence-corrected chi connectivity index (χ1v) is 6.78. The van der Waals surface area contributed by atoms with Crippen molar-refractivity contribution in [2.45, 2.75) is 52.7 Å². The fourth-order valence-corrected chi connectivity index (χ4v) is 2.35. The van der Waals surface area contributed by atoms with E-state index in [0.29, 0.717) is 6.54 Å². The van der Waals surface area contributed by atoms with Gasteiger partial charge in [-0.1, -0.05) is 0 Å². The van der Waals surface area contributed by atoms with E-state index in [2.05, 4.69) is 5.32 Å². The molecule has 0 radical (unpaired) electrons. The number of carbonyl (C=O) groups is 2. The summed E-state index contributed by atoms with van der Waals surface area (Å²) in [7, 11) is 1.65. The van der Waals surface area contributed by atoms with Crippen LogP contribution in [0.15, 0.2) is 0 Å². The Labute approximate surface area is 115 Å². The third kappa shape index (κ3) is 3.93. The van der Waals surface area contributed by atoms with Gasteiger partial charge >= 0.3 is 5.97 Å². The standard InChI is InChI=1S/C14H26N2O3/c1-10(11(17)19-13(2,3)4)16-8-7-14(5,9-16)12(18)15-6/h10H,7-9H2,1-6H3,(H,15,18). The molecule has 1 heterocycles. The summed E-state index contributed by atoms with van der Waals surface area (Å²) in [6.07, 6.45) is 0.764. The molecule has 1 fully saturated rings. The summed E-state index contributed by atoms with van der Waals surface area (Å²) in [5, 5.41) is 2.69. The van der Waals surface area contributed by atoms with Gasteiger partial charge < -0.3 is 10.1 Å². The summed E-state index contributed by atoms with van der Waals surface area (Å²) in [4.78, 5) is 25.9. The van der Waals surface area contributed by atoms with E-state index in [0.717, 1.165) is 13.0 Å². The maximum Gasteiger partial charge on any atom is 0.323 e. The van der Waals surface area contributed by atoms with E-state index >= 15 is 0 Å². The van der Waals surface area contributed by atoms with Gasteiger partial charge in [0.15, 0.2) is 0 Å². The Hall–Kier alpha value is -1.10. The highest BCUT2D eigenvalue weighted by molar-refractivity contribution is 5.83. The first kappa shape index (κ1) is 16.0. The predicted molar refractivity (Wildman–Crippen MR) is 73.7 cm³/mol. The molecule has 2 atom stereocenters. The topological polar surface area (TPSA) is 58.6 Å². The highest BCUT2D eigenvalue weighted by atomic mass is 16.6. The molecule has 1 rings (SSSR count). The smallest absolute Gasteiger partial charge is 0.323 e. The predicted octanol–water partition coefficient (Wildman–Crippen LogP) is 1.17. The molecule has 1 aliphatic heterocycles. The van der Waals surface area contributed by atoms with Gasteiger partial charge in [-0.2, -0.15) is 0 Å². The van der Waals surface area contributed by atoms with Crippen molar-refractivity contribution in [3.63, 3.8) is 0 Å². The Morgan fingerprint density at radius 3 is 2.42 bits per heavy atom. The molecular weight excluding hydrogens is 244 g/mol. The molecule has 110 valence electrons. The van der Waals surface area contributed by atoms with Gasteiger partial charge in [0.05, 0.1) is 5.41 Å². The number of carbonyl (C=O) groups excluding carboxylic acids is 2. The molecule has 5 nitrogen and oxygen atoms in total. The van der Waals surface area contributed by atoms with Crippen molar-refractivity contribution >= 4 is 11.9 Å². The number of nitrogens with zero attached hydrogens (tertiary/aromatic N) is 1. The Kier molecular flexibility index (Phi) is 4.61. The fourth-order valence-electron chi connectivity index (χ4n) is 2.35. The van der Waals surface area contributed by atoms with Crippen LogP contribution in [0.5, 0.6) is 0 Å². The summed E-state index contributed by atoms with van der Waals surface area (Å²) in [6.45, 7) is 10.7. The van der Waals surface area contributed by atoms with Crippen LogP contribution in [0.4, 0.5) is 0 Å². The molecule has 0 spiro atoms. The second-order valence-corrected chi connectivity index (χ2v) is 6.57. The fraction of sp³-hybridized carbons (Fsp3) is 0.857. The molecule has 0 aromatic rings. The number of likely N-dealkylation sites (tertiary alicyclic amines) is 1. The highest BCUT2D eigenvalue weighted by Gasteiger charge is 2.42. The normalized spacial score (nSPS) is 26.0. The van der Waals surface area contributed by atoms with Crippen LogP contribution in [0.25, 0.3) is 0 Å². The summed E-state index contributed by atoms with van der Waals surface area (Å²) >= 11 is 0. The lowest BCUT2D eigenvalue weighted by atomic mass is 9.89. The first-order valence-electron chi connectivity index (χ1n) is 6.78. The van der Waals surface area contributed by atoms with Crippen LogP contribution in [-0.4, -0.2) is 48.6 Å².